The number of alkyl halides is 8. The van der Waals surface area contributed by atoms with Crippen LogP contribution < -0.4 is 0 Å². The first-order valence-electron chi connectivity index (χ1n) is 4.52. The highest BCUT2D eigenvalue weighted by atomic mass is 19.4. The van der Waals surface area contributed by atoms with Gasteiger partial charge in [-0.15, -0.1) is 0 Å². The second kappa shape index (κ2) is 5.33. The molecule has 2 nitrogen and oxygen atoms in total. The molecule has 0 spiro atoms. The Bertz CT molecular complexity index is 360. The quantitative estimate of drug-likeness (QED) is 0.442. The topological polar surface area (TPSA) is 26.3 Å². The maximum absolute atomic E-state index is 12.8. The predicted octanol–water partition coefficient (Wildman–Crippen LogP) is 3.28. The Morgan fingerprint density at radius 3 is 1.89 bits per heavy atom. The third-order valence-electron chi connectivity index (χ3n) is 1.83. The highest BCUT2D eigenvalue weighted by Gasteiger charge is 2.70. The molecule has 0 aliphatic heterocycles. The third-order valence-corrected chi connectivity index (χ3v) is 1.83. The monoisotopic (exact) mass is 300 g/mol. The van der Waals surface area contributed by atoms with Crippen molar-refractivity contribution in [3.63, 3.8) is 0 Å². The normalized spacial score (nSPS) is 15.0. The predicted molar refractivity (Wildman–Crippen MR) is 46.6 cm³/mol. The Labute approximate surface area is 102 Å². The first-order valence-corrected chi connectivity index (χ1v) is 4.52. The van der Waals surface area contributed by atoms with E-state index in [4.69, 9.17) is 0 Å². The van der Waals surface area contributed by atoms with E-state index in [0.29, 0.717) is 0 Å². The molecule has 0 rings (SSSR count). The van der Waals surface area contributed by atoms with Crippen molar-refractivity contribution < 1.29 is 44.7 Å². The third kappa shape index (κ3) is 4.06. The summed E-state index contributed by atoms with van der Waals surface area (Å²) in [5.41, 5.74) is -0.438. The van der Waals surface area contributed by atoms with Gasteiger partial charge in [0.2, 0.25) is 0 Å². The molecule has 10 heteroatoms. The molecule has 0 aromatic rings. The van der Waals surface area contributed by atoms with Gasteiger partial charge in [-0.05, 0) is 6.92 Å². The van der Waals surface area contributed by atoms with Crippen molar-refractivity contribution in [2.75, 3.05) is 6.61 Å². The molecule has 0 aromatic heterocycles. The SMILES string of the molecule is C=C(C)C(=O)OCC(F)(F)C(F)(F)C(F)C(F)(F)F. The van der Waals surface area contributed by atoms with Crippen LogP contribution in [0.15, 0.2) is 12.2 Å². The van der Waals surface area contributed by atoms with Crippen molar-refractivity contribution in [1.82, 2.24) is 0 Å². The van der Waals surface area contributed by atoms with Gasteiger partial charge in [0.15, 0.2) is 6.61 Å². The standard InChI is InChI=1S/C9H8F8O2/c1-4(2)5(18)19-3-7(11,12)8(13,14)6(10)9(15,16)17/h6H,1,3H2,2H3. The summed E-state index contributed by atoms with van der Waals surface area (Å²) in [5.74, 6) is -13.1. The fourth-order valence-electron chi connectivity index (χ4n) is 0.767. The van der Waals surface area contributed by atoms with Crippen LogP contribution in [0.3, 0.4) is 0 Å². The number of hydrogen-bond acceptors (Lipinski definition) is 2. The summed E-state index contributed by atoms with van der Waals surface area (Å²) in [6.45, 7) is 1.52. The fourth-order valence-corrected chi connectivity index (χ4v) is 0.767. The molecule has 0 saturated heterocycles. The number of rotatable bonds is 5. The van der Waals surface area contributed by atoms with Crippen molar-refractivity contribution in [3.8, 4) is 0 Å². The molecule has 1 atom stereocenters. The average molecular weight is 300 g/mol. The molecule has 0 amide bonds. The number of halogens is 8. The van der Waals surface area contributed by atoms with Crippen molar-refractivity contribution in [3.05, 3.63) is 12.2 Å². The molecule has 0 heterocycles. The van der Waals surface area contributed by atoms with Crippen LogP contribution in [0.5, 0.6) is 0 Å². The van der Waals surface area contributed by atoms with E-state index in [0.717, 1.165) is 6.92 Å². The summed E-state index contributed by atoms with van der Waals surface area (Å²) in [6, 6.07) is 0. The van der Waals surface area contributed by atoms with Gasteiger partial charge >= 0.3 is 24.0 Å². The minimum absolute atomic E-state index is 0.438. The van der Waals surface area contributed by atoms with E-state index in [1.54, 1.807) is 0 Å². The van der Waals surface area contributed by atoms with Crippen LogP contribution >= 0.6 is 0 Å². The maximum Gasteiger partial charge on any atom is 0.425 e. The van der Waals surface area contributed by atoms with E-state index in [1.165, 1.54) is 0 Å². The fraction of sp³-hybridized carbons (Fsp3) is 0.667. The maximum atomic E-state index is 12.8. The van der Waals surface area contributed by atoms with Crippen LogP contribution in [0.4, 0.5) is 35.1 Å². The van der Waals surface area contributed by atoms with E-state index in [1.807, 2.05) is 0 Å². The van der Waals surface area contributed by atoms with Gasteiger partial charge < -0.3 is 4.74 Å². The molecule has 0 N–H and O–H groups in total. The van der Waals surface area contributed by atoms with Gasteiger partial charge in [0.1, 0.15) is 0 Å². The second-order valence-electron chi connectivity index (χ2n) is 3.59. The van der Waals surface area contributed by atoms with Crippen LogP contribution in [0.1, 0.15) is 6.92 Å². The molecular weight excluding hydrogens is 292 g/mol. The molecule has 0 radical (unpaired) electrons. The van der Waals surface area contributed by atoms with E-state index >= 15 is 0 Å². The first-order chi connectivity index (χ1) is 8.23. The Kier molecular flexibility index (Phi) is 4.96. The zero-order chi connectivity index (χ0) is 15.6. The molecule has 0 bridgehead atoms. The molecule has 0 aliphatic rings. The molecule has 0 fully saturated rings. The van der Waals surface area contributed by atoms with Crippen molar-refractivity contribution in [1.29, 1.82) is 0 Å². The lowest BCUT2D eigenvalue weighted by Gasteiger charge is -2.29. The smallest absolute Gasteiger partial charge is 0.425 e. The van der Waals surface area contributed by atoms with E-state index < -0.39 is 42.3 Å². The van der Waals surface area contributed by atoms with Crippen molar-refractivity contribution >= 4 is 5.97 Å². The number of hydrogen-bond donors (Lipinski definition) is 0. The van der Waals surface area contributed by atoms with Gasteiger partial charge in [0.25, 0.3) is 6.17 Å². The van der Waals surface area contributed by atoms with Crippen LogP contribution in [0.2, 0.25) is 0 Å². The van der Waals surface area contributed by atoms with Gasteiger partial charge in [-0.1, -0.05) is 6.58 Å². The van der Waals surface area contributed by atoms with Gasteiger partial charge in [0.05, 0.1) is 0 Å². The lowest BCUT2D eigenvalue weighted by Crippen LogP contribution is -2.55. The lowest BCUT2D eigenvalue weighted by molar-refractivity contribution is -0.312. The molecule has 112 valence electrons. The molecule has 0 aromatic carbocycles. The van der Waals surface area contributed by atoms with Gasteiger partial charge in [0, 0.05) is 5.57 Å². The molecule has 0 aliphatic carbocycles. The lowest BCUT2D eigenvalue weighted by atomic mass is 10.1. The summed E-state index contributed by atoms with van der Waals surface area (Å²) >= 11 is 0. The minimum atomic E-state index is -6.18. The molecule has 1 unspecified atom stereocenters. The van der Waals surface area contributed by atoms with Crippen LogP contribution in [-0.4, -0.2) is 36.8 Å². The van der Waals surface area contributed by atoms with Gasteiger partial charge in [-0.2, -0.15) is 30.7 Å². The number of carbonyl (C=O) groups is 1. The zero-order valence-corrected chi connectivity index (χ0v) is 9.33. The van der Waals surface area contributed by atoms with Crippen LogP contribution in [0, 0.1) is 0 Å². The average Bonchev–Trinajstić information content (AvgIpc) is 2.22. The summed E-state index contributed by atoms with van der Waals surface area (Å²) in [7, 11) is 0. The highest BCUT2D eigenvalue weighted by Crippen LogP contribution is 2.44. The van der Waals surface area contributed by atoms with Crippen LogP contribution in [0.25, 0.3) is 0 Å². The van der Waals surface area contributed by atoms with E-state index in [2.05, 4.69) is 11.3 Å². The largest absolute Gasteiger partial charge is 0.456 e. The molecule has 0 saturated carbocycles. The molecular formula is C9H8F8O2. The summed E-state index contributed by atoms with van der Waals surface area (Å²) < 4.78 is 102. The van der Waals surface area contributed by atoms with Gasteiger partial charge in [-0.25, -0.2) is 9.18 Å². The Morgan fingerprint density at radius 1 is 1.16 bits per heavy atom. The van der Waals surface area contributed by atoms with Crippen molar-refractivity contribution in [2.45, 2.75) is 31.1 Å². The van der Waals surface area contributed by atoms with Gasteiger partial charge in [-0.3, -0.25) is 0 Å². The summed E-state index contributed by atoms with van der Waals surface area (Å²) in [6.07, 6.45) is -11.3. The Hall–Kier alpha value is -1.35. The summed E-state index contributed by atoms with van der Waals surface area (Å²) in [4.78, 5) is 10.7. The number of carbonyl (C=O) groups excluding carboxylic acids is 1. The minimum Gasteiger partial charge on any atom is -0.456 e. The first kappa shape index (κ1) is 17.6. The summed E-state index contributed by atoms with van der Waals surface area (Å²) in [5, 5.41) is 0. The second-order valence-corrected chi connectivity index (χ2v) is 3.59. The molecule has 19 heavy (non-hydrogen) atoms. The number of esters is 1. The van der Waals surface area contributed by atoms with E-state index in [-0.39, 0.29) is 0 Å². The van der Waals surface area contributed by atoms with E-state index in [9.17, 15) is 39.9 Å². The van der Waals surface area contributed by atoms with Crippen LogP contribution in [-0.2, 0) is 9.53 Å². The Balaban J connectivity index is 4.97. The number of ether oxygens (including phenoxy) is 1. The van der Waals surface area contributed by atoms with Crippen molar-refractivity contribution in [2.24, 2.45) is 0 Å². The Morgan fingerprint density at radius 2 is 1.58 bits per heavy atom. The zero-order valence-electron chi connectivity index (χ0n) is 9.33. The highest BCUT2D eigenvalue weighted by molar-refractivity contribution is 5.86.